The van der Waals surface area contributed by atoms with Gasteiger partial charge in [-0.15, -0.1) is 0 Å². The van der Waals surface area contributed by atoms with E-state index in [1.165, 1.54) is 5.57 Å². The predicted octanol–water partition coefficient (Wildman–Crippen LogP) is 2.24. The lowest BCUT2D eigenvalue weighted by Gasteiger charge is -2.14. The molecule has 0 aliphatic carbocycles. The van der Waals surface area contributed by atoms with Crippen molar-refractivity contribution in [2.24, 2.45) is 0 Å². The molecule has 0 aromatic heterocycles. The second-order valence-electron chi connectivity index (χ2n) is 4.90. The number of benzene rings is 1. The number of hydrogen-bond acceptors (Lipinski definition) is 3. The van der Waals surface area contributed by atoms with E-state index in [1.807, 2.05) is 6.92 Å². The molecule has 0 amide bonds. The number of rotatable bonds is 5. The lowest BCUT2D eigenvalue weighted by molar-refractivity contribution is 0.580. The molecule has 0 spiro atoms. The highest BCUT2D eigenvalue weighted by Crippen LogP contribution is 2.22. The number of aryl methyl sites for hydroxylation is 1. The highest BCUT2D eigenvalue weighted by atomic mass is 35.5. The summed E-state index contributed by atoms with van der Waals surface area (Å²) < 4.78 is 27.0. The van der Waals surface area contributed by atoms with Gasteiger partial charge in [0.05, 0.1) is 5.02 Å². The SMILES string of the molecule is Cc1ccc(S(=O)(=O)NCCC2=CCNCC2)c(Cl)c1. The summed E-state index contributed by atoms with van der Waals surface area (Å²) in [6.07, 6.45) is 3.84. The average Bonchev–Trinajstić information content (AvgIpc) is 2.39. The van der Waals surface area contributed by atoms with Gasteiger partial charge in [0.25, 0.3) is 0 Å². The van der Waals surface area contributed by atoms with Crippen molar-refractivity contribution < 1.29 is 8.42 Å². The third-order valence-corrected chi connectivity index (χ3v) is 5.22. The van der Waals surface area contributed by atoms with Crippen LogP contribution in [-0.4, -0.2) is 28.1 Å². The summed E-state index contributed by atoms with van der Waals surface area (Å²) in [5, 5.41) is 3.49. The third-order valence-electron chi connectivity index (χ3n) is 3.27. The molecule has 0 radical (unpaired) electrons. The highest BCUT2D eigenvalue weighted by Gasteiger charge is 2.17. The van der Waals surface area contributed by atoms with Crippen molar-refractivity contribution >= 4 is 21.6 Å². The van der Waals surface area contributed by atoms with E-state index in [-0.39, 0.29) is 9.92 Å². The monoisotopic (exact) mass is 314 g/mol. The van der Waals surface area contributed by atoms with E-state index in [1.54, 1.807) is 18.2 Å². The Kier molecular flexibility index (Phi) is 5.21. The topological polar surface area (TPSA) is 58.2 Å². The summed E-state index contributed by atoms with van der Waals surface area (Å²) in [6.45, 7) is 4.10. The van der Waals surface area contributed by atoms with Crippen molar-refractivity contribution in [3.05, 3.63) is 40.4 Å². The van der Waals surface area contributed by atoms with Gasteiger partial charge in [-0.05, 0) is 44.0 Å². The molecule has 110 valence electrons. The zero-order valence-corrected chi connectivity index (χ0v) is 13.0. The summed E-state index contributed by atoms with van der Waals surface area (Å²) in [7, 11) is -3.53. The minimum atomic E-state index is -3.53. The Bertz CT molecular complexity index is 612. The first kappa shape index (κ1) is 15.5. The van der Waals surface area contributed by atoms with E-state index in [4.69, 9.17) is 11.6 Å². The molecule has 6 heteroatoms. The molecule has 0 bridgehead atoms. The molecule has 0 fully saturated rings. The molecule has 2 rings (SSSR count). The fourth-order valence-corrected chi connectivity index (χ4v) is 3.77. The van der Waals surface area contributed by atoms with Crippen LogP contribution in [0.1, 0.15) is 18.4 Å². The molecule has 0 saturated carbocycles. The quantitative estimate of drug-likeness (QED) is 0.820. The molecule has 4 nitrogen and oxygen atoms in total. The maximum Gasteiger partial charge on any atom is 0.242 e. The van der Waals surface area contributed by atoms with E-state index in [9.17, 15) is 8.42 Å². The summed E-state index contributed by atoms with van der Waals surface area (Å²) >= 11 is 6.00. The smallest absolute Gasteiger partial charge is 0.242 e. The highest BCUT2D eigenvalue weighted by molar-refractivity contribution is 7.89. The molecule has 1 aliphatic heterocycles. The van der Waals surface area contributed by atoms with Crippen molar-refractivity contribution in [1.82, 2.24) is 10.0 Å². The molecule has 0 atom stereocenters. The Labute approximate surface area is 125 Å². The Morgan fingerprint density at radius 2 is 2.20 bits per heavy atom. The van der Waals surface area contributed by atoms with Gasteiger partial charge in [0.2, 0.25) is 10.0 Å². The Morgan fingerprint density at radius 1 is 1.40 bits per heavy atom. The summed E-state index contributed by atoms with van der Waals surface area (Å²) in [5.41, 5.74) is 2.23. The molecule has 20 heavy (non-hydrogen) atoms. The summed E-state index contributed by atoms with van der Waals surface area (Å²) in [5.74, 6) is 0. The number of nitrogens with one attached hydrogen (secondary N) is 2. The van der Waals surface area contributed by atoms with Gasteiger partial charge in [-0.1, -0.05) is 29.3 Å². The maximum absolute atomic E-state index is 12.2. The van der Waals surface area contributed by atoms with Crippen LogP contribution in [0, 0.1) is 6.92 Å². The van der Waals surface area contributed by atoms with Gasteiger partial charge >= 0.3 is 0 Å². The maximum atomic E-state index is 12.2. The van der Waals surface area contributed by atoms with E-state index in [2.05, 4.69) is 16.1 Å². The zero-order chi connectivity index (χ0) is 14.6. The van der Waals surface area contributed by atoms with E-state index in [0.717, 1.165) is 31.5 Å². The van der Waals surface area contributed by atoms with Crippen LogP contribution in [0.25, 0.3) is 0 Å². The van der Waals surface area contributed by atoms with Crippen LogP contribution in [0.5, 0.6) is 0 Å². The van der Waals surface area contributed by atoms with E-state index in [0.29, 0.717) is 6.54 Å². The zero-order valence-electron chi connectivity index (χ0n) is 11.4. The number of hydrogen-bond donors (Lipinski definition) is 2. The normalized spacial score (nSPS) is 16.0. The van der Waals surface area contributed by atoms with Crippen molar-refractivity contribution in [2.45, 2.75) is 24.7 Å². The standard InChI is InChI=1S/C14H19ClN2O2S/c1-11-2-3-14(13(15)10-11)20(18,19)17-9-6-12-4-7-16-8-5-12/h2-4,10,16-17H,5-9H2,1H3. The molecular weight excluding hydrogens is 296 g/mol. The van der Waals surface area contributed by atoms with Gasteiger partial charge in [0.15, 0.2) is 0 Å². The fraction of sp³-hybridized carbons (Fsp3) is 0.429. The number of halogens is 1. The minimum absolute atomic E-state index is 0.143. The van der Waals surface area contributed by atoms with Crippen LogP contribution in [0.15, 0.2) is 34.7 Å². The second-order valence-corrected chi connectivity index (χ2v) is 7.04. The number of sulfonamides is 1. The van der Waals surface area contributed by atoms with E-state index < -0.39 is 10.0 Å². The average molecular weight is 315 g/mol. The van der Waals surface area contributed by atoms with Gasteiger partial charge in [0.1, 0.15) is 4.90 Å². The Morgan fingerprint density at radius 3 is 2.85 bits per heavy atom. The van der Waals surface area contributed by atoms with Gasteiger partial charge in [-0.25, -0.2) is 13.1 Å². The molecule has 0 saturated heterocycles. The van der Waals surface area contributed by atoms with Gasteiger partial charge in [-0.2, -0.15) is 0 Å². The molecule has 1 aromatic carbocycles. The Hall–Kier alpha value is -0.880. The first-order valence-electron chi connectivity index (χ1n) is 6.63. The first-order chi connectivity index (χ1) is 9.49. The molecule has 0 unspecified atom stereocenters. The lowest BCUT2D eigenvalue weighted by Crippen LogP contribution is -2.27. The molecule has 2 N–H and O–H groups in total. The van der Waals surface area contributed by atoms with Crippen molar-refractivity contribution in [2.75, 3.05) is 19.6 Å². The third kappa shape index (κ3) is 4.06. The van der Waals surface area contributed by atoms with Gasteiger partial charge in [-0.3, -0.25) is 0 Å². The fourth-order valence-electron chi connectivity index (χ4n) is 2.14. The van der Waals surface area contributed by atoms with Crippen LogP contribution >= 0.6 is 11.6 Å². The molecule has 1 heterocycles. The van der Waals surface area contributed by atoms with Crippen molar-refractivity contribution in [1.29, 1.82) is 0 Å². The molecule has 1 aliphatic rings. The second kappa shape index (κ2) is 6.72. The van der Waals surface area contributed by atoms with Crippen LogP contribution in [-0.2, 0) is 10.0 Å². The van der Waals surface area contributed by atoms with Crippen molar-refractivity contribution in [3.8, 4) is 0 Å². The van der Waals surface area contributed by atoms with E-state index >= 15 is 0 Å². The van der Waals surface area contributed by atoms with Crippen LogP contribution < -0.4 is 10.0 Å². The summed E-state index contributed by atoms with van der Waals surface area (Å²) in [4.78, 5) is 0.143. The first-order valence-corrected chi connectivity index (χ1v) is 8.49. The van der Waals surface area contributed by atoms with Crippen LogP contribution in [0.2, 0.25) is 5.02 Å². The van der Waals surface area contributed by atoms with Crippen LogP contribution in [0.3, 0.4) is 0 Å². The Balaban J connectivity index is 1.98. The predicted molar refractivity (Wildman–Crippen MR) is 81.6 cm³/mol. The molecular formula is C14H19ClN2O2S. The van der Waals surface area contributed by atoms with Gasteiger partial charge < -0.3 is 5.32 Å². The summed E-state index contributed by atoms with van der Waals surface area (Å²) in [6, 6.07) is 4.95. The lowest BCUT2D eigenvalue weighted by atomic mass is 10.1. The molecule has 1 aromatic rings. The van der Waals surface area contributed by atoms with Gasteiger partial charge in [0, 0.05) is 13.1 Å². The van der Waals surface area contributed by atoms with Crippen molar-refractivity contribution in [3.63, 3.8) is 0 Å². The largest absolute Gasteiger partial charge is 0.313 e. The van der Waals surface area contributed by atoms with Crippen LogP contribution in [0.4, 0.5) is 0 Å². The minimum Gasteiger partial charge on any atom is -0.313 e.